The molecule has 5 nitrogen and oxygen atoms in total. The number of benzene rings is 2. The van der Waals surface area contributed by atoms with Crippen molar-refractivity contribution in [1.82, 2.24) is 5.32 Å². The first-order valence-corrected chi connectivity index (χ1v) is 10.0. The van der Waals surface area contributed by atoms with Crippen molar-refractivity contribution in [2.75, 3.05) is 23.3 Å². The number of hydrogen-bond donors (Lipinski definition) is 2. The molecule has 2 atom stereocenters. The summed E-state index contributed by atoms with van der Waals surface area (Å²) in [7, 11) is 0. The zero-order valence-corrected chi connectivity index (χ0v) is 16.9. The van der Waals surface area contributed by atoms with Gasteiger partial charge in [0.05, 0.1) is 11.8 Å². The Morgan fingerprint density at radius 1 is 1.00 bits per heavy atom. The van der Waals surface area contributed by atoms with Gasteiger partial charge in [0.1, 0.15) is 0 Å². The predicted molar refractivity (Wildman–Crippen MR) is 113 cm³/mol. The molecule has 0 aromatic heterocycles. The standard InChI is InChI=1S/C23H29N3O2/c1-4-26(5-2)19-11-9-18(10-12-19)25-23(28)21-14-20(21)22(27)24-15-17-8-6-7-16(3)13-17/h6-13,20-21H,4-5,14-15H2,1-3H3,(H,24,27)(H,25,28). The van der Waals surface area contributed by atoms with Gasteiger partial charge >= 0.3 is 0 Å². The Kier molecular flexibility index (Phi) is 6.34. The van der Waals surface area contributed by atoms with Gasteiger partial charge in [0.25, 0.3) is 0 Å². The van der Waals surface area contributed by atoms with E-state index in [1.165, 1.54) is 5.56 Å². The van der Waals surface area contributed by atoms with Gasteiger partial charge in [-0.25, -0.2) is 0 Å². The smallest absolute Gasteiger partial charge is 0.228 e. The van der Waals surface area contributed by atoms with Gasteiger partial charge in [0.2, 0.25) is 11.8 Å². The molecule has 0 radical (unpaired) electrons. The van der Waals surface area contributed by atoms with Gasteiger partial charge in [-0.15, -0.1) is 0 Å². The van der Waals surface area contributed by atoms with Crippen molar-refractivity contribution in [3.8, 4) is 0 Å². The van der Waals surface area contributed by atoms with Crippen LogP contribution in [0, 0.1) is 18.8 Å². The molecular weight excluding hydrogens is 350 g/mol. The van der Waals surface area contributed by atoms with Crippen LogP contribution in [0.4, 0.5) is 11.4 Å². The lowest BCUT2D eigenvalue weighted by Gasteiger charge is -2.21. The van der Waals surface area contributed by atoms with E-state index >= 15 is 0 Å². The average Bonchev–Trinajstić information content (AvgIpc) is 3.49. The summed E-state index contributed by atoms with van der Waals surface area (Å²) in [6, 6.07) is 15.9. The molecule has 2 amide bonds. The molecule has 0 spiro atoms. The Bertz CT molecular complexity index is 828. The normalized spacial score (nSPS) is 17.7. The van der Waals surface area contributed by atoms with Gasteiger partial charge in [0, 0.05) is 31.0 Å². The molecule has 1 saturated carbocycles. The lowest BCUT2D eigenvalue weighted by Crippen LogP contribution is -2.27. The van der Waals surface area contributed by atoms with E-state index in [9.17, 15) is 9.59 Å². The monoisotopic (exact) mass is 379 g/mol. The summed E-state index contributed by atoms with van der Waals surface area (Å²) in [6.45, 7) is 8.67. The molecule has 0 saturated heterocycles. The summed E-state index contributed by atoms with van der Waals surface area (Å²) in [5.41, 5.74) is 4.15. The van der Waals surface area contributed by atoms with Crippen LogP contribution in [0.15, 0.2) is 48.5 Å². The second kappa shape index (κ2) is 8.91. The fraction of sp³-hybridized carbons (Fsp3) is 0.391. The molecule has 1 fully saturated rings. The molecule has 0 heterocycles. The average molecular weight is 380 g/mol. The quantitative estimate of drug-likeness (QED) is 0.735. The fourth-order valence-corrected chi connectivity index (χ4v) is 3.50. The molecule has 148 valence electrons. The molecule has 0 bridgehead atoms. The van der Waals surface area contributed by atoms with Gasteiger partial charge in [0.15, 0.2) is 0 Å². The number of carbonyl (C=O) groups is 2. The minimum absolute atomic E-state index is 0.0430. The third-order valence-electron chi connectivity index (χ3n) is 5.28. The Hall–Kier alpha value is -2.82. The number of aryl methyl sites for hydroxylation is 1. The van der Waals surface area contributed by atoms with Crippen LogP contribution in [0.25, 0.3) is 0 Å². The van der Waals surface area contributed by atoms with E-state index in [0.717, 1.165) is 30.0 Å². The summed E-state index contributed by atoms with van der Waals surface area (Å²) in [4.78, 5) is 27.0. The largest absolute Gasteiger partial charge is 0.372 e. The molecule has 3 rings (SSSR count). The van der Waals surface area contributed by atoms with Crippen molar-refractivity contribution >= 4 is 23.2 Å². The zero-order valence-electron chi connectivity index (χ0n) is 16.9. The van der Waals surface area contributed by atoms with E-state index in [2.05, 4.69) is 35.4 Å². The molecule has 1 aliphatic rings. The molecule has 2 N–H and O–H groups in total. The summed E-state index contributed by atoms with van der Waals surface area (Å²) in [6.07, 6.45) is 0.614. The Labute approximate surface area is 167 Å². The maximum Gasteiger partial charge on any atom is 0.228 e. The molecule has 1 aliphatic carbocycles. The fourth-order valence-electron chi connectivity index (χ4n) is 3.50. The van der Waals surface area contributed by atoms with E-state index in [4.69, 9.17) is 0 Å². The lowest BCUT2D eigenvalue weighted by atomic mass is 10.1. The zero-order chi connectivity index (χ0) is 20.1. The van der Waals surface area contributed by atoms with E-state index in [1.807, 2.05) is 49.4 Å². The summed E-state index contributed by atoms with van der Waals surface area (Å²) < 4.78 is 0. The second-order valence-electron chi connectivity index (χ2n) is 7.36. The molecule has 2 aromatic carbocycles. The van der Waals surface area contributed by atoms with E-state index < -0.39 is 0 Å². The van der Waals surface area contributed by atoms with Gasteiger partial charge in [-0.3, -0.25) is 9.59 Å². The van der Waals surface area contributed by atoms with Crippen molar-refractivity contribution in [3.63, 3.8) is 0 Å². The Balaban J connectivity index is 1.48. The maximum atomic E-state index is 12.4. The minimum Gasteiger partial charge on any atom is -0.372 e. The number of anilines is 2. The van der Waals surface area contributed by atoms with Crippen molar-refractivity contribution < 1.29 is 9.59 Å². The summed E-state index contributed by atoms with van der Waals surface area (Å²) in [5, 5.41) is 5.88. The highest BCUT2D eigenvalue weighted by molar-refractivity contribution is 5.99. The van der Waals surface area contributed by atoms with Crippen LogP contribution in [0.3, 0.4) is 0 Å². The van der Waals surface area contributed by atoms with Gasteiger partial charge in [-0.2, -0.15) is 0 Å². The first-order valence-electron chi connectivity index (χ1n) is 10.0. The summed E-state index contributed by atoms with van der Waals surface area (Å²) >= 11 is 0. The number of nitrogens with one attached hydrogen (secondary N) is 2. The van der Waals surface area contributed by atoms with E-state index in [-0.39, 0.29) is 23.7 Å². The van der Waals surface area contributed by atoms with Crippen LogP contribution in [-0.2, 0) is 16.1 Å². The number of carbonyl (C=O) groups excluding carboxylic acids is 2. The second-order valence-corrected chi connectivity index (χ2v) is 7.36. The highest BCUT2D eigenvalue weighted by Crippen LogP contribution is 2.39. The van der Waals surface area contributed by atoms with Gasteiger partial charge < -0.3 is 15.5 Å². The Morgan fingerprint density at radius 3 is 2.32 bits per heavy atom. The topological polar surface area (TPSA) is 61.4 Å². The highest BCUT2D eigenvalue weighted by atomic mass is 16.2. The van der Waals surface area contributed by atoms with Crippen LogP contribution in [-0.4, -0.2) is 24.9 Å². The van der Waals surface area contributed by atoms with Gasteiger partial charge in [-0.05, 0) is 57.0 Å². The van der Waals surface area contributed by atoms with Gasteiger partial charge in [-0.1, -0.05) is 29.8 Å². The lowest BCUT2D eigenvalue weighted by molar-refractivity contribution is -0.125. The van der Waals surface area contributed by atoms with Crippen LogP contribution in [0.1, 0.15) is 31.4 Å². The number of rotatable bonds is 8. The van der Waals surface area contributed by atoms with Crippen molar-refractivity contribution in [2.45, 2.75) is 33.7 Å². The molecular formula is C23H29N3O2. The summed E-state index contributed by atoms with van der Waals surface area (Å²) in [5.74, 6) is -0.579. The first-order chi connectivity index (χ1) is 13.5. The van der Waals surface area contributed by atoms with Crippen LogP contribution in [0.2, 0.25) is 0 Å². The van der Waals surface area contributed by atoms with E-state index in [1.54, 1.807) is 0 Å². The first kappa shape index (κ1) is 19.9. The highest BCUT2D eigenvalue weighted by Gasteiger charge is 2.47. The molecule has 0 aliphatic heterocycles. The minimum atomic E-state index is -0.236. The van der Waals surface area contributed by atoms with E-state index in [0.29, 0.717) is 13.0 Å². The third-order valence-corrected chi connectivity index (χ3v) is 5.28. The van der Waals surface area contributed by atoms with Crippen LogP contribution in [0.5, 0.6) is 0 Å². The molecule has 5 heteroatoms. The molecule has 2 aromatic rings. The predicted octanol–water partition coefficient (Wildman–Crippen LogP) is 3.73. The number of amides is 2. The molecule has 28 heavy (non-hydrogen) atoms. The Morgan fingerprint density at radius 2 is 1.68 bits per heavy atom. The van der Waals surface area contributed by atoms with Crippen LogP contribution >= 0.6 is 0 Å². The SMILES string of the molecule is CCN(CC)c1ccc(NC(=O)C2CC2C(=O)NCc2cccc(C)c2)cc1. The number of nitrogens with zero attached hydrogens (tertiary/aromatic N) is 1. The number of hydrogen-bond acceptors (Lipinski definition) is 3. The van der Waals surface area contributed by atoms with Crippen molar-refractivity contribution in [3.05, 3.63) is 59.7 Å². The molecule has 2 unspecified atom stereocenters. The van der Waals surface area contributed by atoms with Crippen LogP contribution < -0.4 is 15.5 Å². The van der Waals surface area contributed by atoms with Crippen molar-refractivity contribution in [2.24, 2.45) is 11.8 Å². The third kappa shape index (κ3) is 4.91. The van der Waals surface area contributed by atoms with Crippen molar-refractivity contribution in [1.29, 1.82) is 0 Å². The maximum absolute atomic E-state index is 12.4.